The SMILES string of the molecule is CCOc1ccccc1CN1CCC(N)C1. The maximum absolute atomic E-state index is 5.90. The minimum Gasteiger partial charge on any atom is -0.494 e. The second kappa shape index (κ2) is 5.32. The summed E-state index contributed by atoms with van der Waals surface area (Å²) in [4.78, 5) is 2.39. The molecular formula is C13H20N2O. The monoisotopic (exact) mass is 220 g/mol. The molecule has 1 aromatic carbocycles. The second-order valence-electron chi connectivity index (χ2n) is 4.32. The number of nitrogens with two attached hydrogens (primary N) is 1. The van der Waals surface area contributed by atoms with Crippen molar-refractivity contribution in [2.45, 2.75) is 25.9 Å². The van der Waals surface area contributed by atoms with Crippen molar-refractivity contribution in [2.24, 2.45) is 5.73 Å². The molecule has 0 aliphatic carbocycles. The molecular weight excluding hydrogens is 200 g/mol. The van der Waals surface area contributed by atoms with E-state index < -0.39 is 0 Å². The van der Waals surface area contributed by atoms with Crippen LogP contribution in [0.3, 0.4) is 0 Å². The number of hydrogen-bond donors (Lipinski definition) is 1. The van der Waals surface area contributed by atoms with E-state index in [4.69, 9.17) is 10.5 Å². The van der Waals surface area contributed by atoms with E-state index in [1.165, 1.54) is 5.56 Å². The predicted octanol–water partition coefficient (Wildman–Crippen LogP) is 1.62. The average Bonchev–Trinajstić information content (AvgIpc) is 2.67. The lowest BCUT2D eigenvalue weighted by Gasteiger charge is -2.17. The first-order valence-electron chi connectivity index (χ1n) is 5.98. The van der Waals surface area contributed by atoms with Gasteiger partial charge >= 0.3 is 0 Å². The molecule has 3 heteroatoms. The largest absolute Gasteiger partial charge is 0.494 e. The summed E-state index contributed by atoms with van der Waals surface area (Å²) in [5, 5.41) is 0. The molecule has 1 atom stereocenters. The van der Waals surface area contributed by atoms with Gasteiger partial charge in [0.2, 0.25) is 0 Å². The fourth-order valence-corrected chi connectivity index (χ4v) is 2.18. The Balaban J connectivity index is 2.02. The molecule has 3 nitrogen and oxygen atoms in total. The third-order valence-electron chi connectivity index (χ3n) is 2.98. The van der Waals surface area contributed by atoms with E-state index in [9.17, 15) is 0 Å². The number of ether oxygens (including phenoxy) is 1. The second-order valence-corrected chi connectivity index (χ2v) is 4.32. The molecule has 1 heterocycles. The Hall–Kier alpha value is -1.06. The van der Waals surface area contributed by atoms with Gasteiger partial charge in [0.25, 0.3) is 0 Å². The maximum Gasteiger partial charge on any atom is 0.123 e. The Labute approximate surface area is 97.2 Å². The summed E-state index contributed by atoms with van der Waals surface area (Å²) in [6.07, 6.45) is 1.11. The third-order valence-corrected chi connectivity index (χ3v) is 2.98. The van der Waals surface area contributed by atoms with E-state index in [0.717, 1.165) is 38.4 Å². The summed E-state index contributed by atoms with van der Waals surface area (Å²) in [5.74, 6) is 1.01. The lowest BCUT2D eigenvalue weighted by molar-refractivity contribution is 0.302. The van der Waals surface area contributed by atoms with Crippen LogP contribution in [0.1, 0.15) is 18.9 Å². The molecule has 88 valence electrons. The fourth-order valence-electron chi connectivity index (χ4n) is 2.18. The van der Waals surface area contributed by atoms with Gasteiger partial charge in [0.05, 0.1) is 6.61 Å². The topological polar surface area (TPSA) is 38.5 Å². The van der Waals surface area contributed by atoms with Gasteiger partial charge in [0.15, 0.2) is 0 Å². The Bertz CT molecular complexity index is 340. The molecule has 2 rings (SSSR count). The van der Waals surface area contributed by atoms with Gasteiger partial charge in [-0.05, 0) is 19.4 Å². The van der Waals surface area contributed by atoms with Crippen molar-refractivity contribution < 1.29 is 4.74 Å². The summed E-state index contributed by atoms with van der Waals surface area (Å²) in [6, 6.07) is 8.60. The number of hydrogen-bond acceptors (Lipinski definition) is 3. The van der Waals surface area contributed by atoms with Crippen LogP contribution in [0.15, 0.2) is 24.3 Å². The zero-order chi connectivity index (χ0) is 11.4. The molecule has 1 saturated heterocycles. The number of benzene rings is 1. The quantitative estimate of drug-likeness (QED) is 0.838. The summed E-state index contributed by atoms with van der Waals surface area (Å²) in [6.45, 7) is 5.78. The molecule has 1 aromatic rings. The summed E-state index contributed by atoms with van der Waals surface area (Å²) in [5.41, 5.74) is 7.17. The molecule has 1 aliphatic rings. The first-order chi connectivity index (χ1) is 7.79. The molecule has 1 fully saturated rings. The lowest BCUT2D eigenvalue weighted by atomic mass is 10.2. The van der Waals surface area contributed by atoms with Crippen LogP contribution in [-0.2, 0) is 6.54 Å². The van der Waals surface area contributed by atoms with Crippen LogP contribution in [0.2, 0.25) is 0 Å². The van der Waals surface area contributed by atoms with Crippen molar-refractivity contribution >= 4 is 0 Å². The van der Waals surface area contributed by atoms with Crippen molar-refractivity contribution in [1.29, 1.82) is 0 Å². The zero-order valence-corrected chi connectivity index (χ0v) is 9.86. The first kappa shape index (κ1) is 11.4. The molecule has 1 unspecified atom stereocenters. The van der Waals surface area contributed by atoms with Crippen molar-refractivity contribution in [3.63, 3.8) is 0 Å². The lowest BCUT2D eigenvalue weighted by Crippen LogP contribution is -2.26. The zero-order valence-electron chi connectivity index (χ0n) is 9.86. The highest BCUT2D eigenvalue weighted by Gasteiger charge is 2.19. The molecule has 2 N–H and O–H groups in total. The molecule has 0 bridgehead atoms. The highest BCUT2D eigenvalue weighted by molar-refractivity contribution is 5.33. The summed E-state index contributed by atoms with van der Waals surface area (Å²) >= 11 is 0. The van der Waals surface area contributed by atoms with Gasteiger partial charge in [-0.3, -0.25) is 4.90 Å². The highest BCUT2D eigenvalue weighted by atomic mass is 16.5. The predicted molar refractivity (Wildman–Crippen MR) is 65.5 cm³/mol. The molecule has 0 spiro atoms. The third kappa shape index (κ3) is 2.74. The van der Waals surface area contributed by atoms with Crippen molar-refractivity contribution in [1.82, 2.24) is 4.90 Å². The van der Waals surface area contributed by atoms with Gasteiger partial charge in [-0.1, -0.05) is 18.2 Å². The Morgan fingerprint density at radius 3 is 2.94 bits per heavy atom. The molecule has 16 heavy (non-hydrogen) atoms. The van der Waals surface area contributed by atoms with Gasteiger partial charge in [-0.2, -0.15) is 0 Å². The van der Waals surface area contributed by atoms with E-state index in [0.29, 0.717) is 6.04 Å². The van der Waals surface area contributed by atoms with Crippen LogP contribution in [0.4, 0.5) is 0 Å². The Kier molecular flexibility index (Phi) is 3.80. The van der Waals surface area contributed by atoms with Crippen molar-refractivity contribution in [3.05, 3.63) is 29.8 Å². The van der Waals surface area contributed by atoms with Crippen LogP contribution in [0, 0.1) is 0 Å². The van der Waals surface area contributed by atoms with Crippen molar-refractivity contribution in [3.8, 4) is 5.75 Å². The molecule has 0 amide bonds. The average molecular weight is 220 g/mol. The summed E-state index contributed by atoms with van der Waals surface area (Å²) < 4.78 is 5.62. The molecule has 0 saturated carbocycles. The number of nitrogens with zero attached hydrogens (tertiary/aromatic N) is 1. The maximum atomic E-state index is 5.90. The van der Waals surface area contributed by atoms with E-state index in [1.807, 2.05) is 19.1 Å². The van der Waals surface area contributed by atoms with Crippen LogP contribution < -0.4 is 10.5 Å². The van der Waals surface area contributed by atoms with Gasteiger partial charge in [0.1, 0.15) is 5.75 Å². The van der Waals surface area contributed by atoms with Gasteiger partial charge in [0, 0.05) is 31.2 Å². The highest BCUT2D eigenvalue weighted by Crippen LogP contribution is 2.21. The normalized spacial score (nSPS) is 21.2. The fraction of sp³-hybridized carbons (Fsp3) is 0.538. The minimum absolute atomic E-state index is 0.347. The van der Waals surface area contributed by atoms with Crippen LogP contribution in [0.25, 0.3) is 0 Å². The summed E-state index contributed by atoms with van der Waals surface area (Å²) in [7, 11) is 0. The van der Waals surface area contributed by atoms with E-state index >= 15 is 0 Å². The van der Waals surface area contributed by atoms with Gasteiger partial charge in [-0.25, -0.2) is 0 Å². The number of rotatable bonds is 4. The molecule has 1 aliphatic heterocycles. The Morgan fingerprint density at radius 2 is 2.25 bits per heavy atom. The standard InChI is InChI=1S/C13H20N2O/c1-2-16-13-6-4-3-5-11(13)9-15-8-7-12(14)10-15/h3-6,12H,2,7-10,14H2,1H3. The van der Waals surface area contributed by atoms with Crippen molar-refractivity contribution in [2.75, 3.05) is 19.7 Å². The van der Waals surface area contributed by atoms with Crippen LogP contribution >= 0.6 is 0 Å². The first-order valence-corrected chi connectivity index (χ1v) is 5.98. The Morgan fingerprint density at radius 1 is 1.44 bits per heavy atom. The van der Waals surface area contributed by atoms with Gasteiger partial charge < -0.3 is 10.5 Å². The minimum atomic E-state index is 0.347. The number of likely N-dealkylation sites (tertiary alicyclic amines) is 1. The van der Waals surface area contributed by atoms with E-state index in [1.54, 1.807) is 0 Å². The van der Waals surface area contributed by atoms with Crippen LogP contribution in [-0.4, -0.2) is 30.6 Å². The van der Waals surface area contributed by atoms with Gasteiger partial charge in [-0.15, -0.1) is 0 Å². The van der Waals surface area contributed by atoms with E-state index in [-0.39, 0.29) is 0 Å². The van der Waals surface area contributed by atoms with Crippen LogP contribution in [0.5, 0.6) is 5.75 Å². The van der Waals surface area contributed by atoms with E-state index in [2.05, 4.69) is 17.0 Å². The number of para-hydroxylation sites is 1. The smallest absolute Gasteiger partial charge is 0.123 e. The molecule has 0 radical (unpaired) electrons. The molecule has 0 aromatic heterocycles.